The number of aldehydes is 1. The van der Waals surface area contributed by atoms with Crippen molar-refractivity contribution >= 4 is 19.7 Å². The average molecular weight is 663 g/mol. The van der Waals surface area contributed by atoms with Gasteiger partial charge in [0, 0.05) is 0 Å². The molecule has 0 N–H and O–H groups in total. The Morgan fingerprint density at radius 3 is 1.54 bits per heavy atom. The molecule has 0 saturated heterocycles. The topological polar surface area (TPSA) is 17.1 Å². The zero-order valence-corrected chi connectivity index (χ0v) is 29.0. The van der Waals surface area contributed by atoms with Crippen molar-refractivity contribution in [1.82, 2.24) is 0 Å². The summed E-state index contributed by atoms with van der Waals surface area (Å²) in [5.74, 6) is 2.07. The normalized spacial score (nSPS) is 16.2. The van der Waals surface area contributed by atoms with E-state index in [1.165, 1.54) is 107 Å². The van der Waals surface area contributed by atoms with Gasteiger partial charge in [-0.1, -0.05) is 30.3 Å². The van der Waals surface area contributed by atoms with E-state index in [-0.39, 0.29) is 5.92 Å². The van der Waals surface area contributed by atoms with Crippen LogP contribution in [0.15, 0.2) is 140 Å². The summed E-state index contributed by atoms with van der Waals surface area (Å²) < 4.78 is 0. The zero-order chi connectivity index (χ0) is 34.6. The third-order valence-electron chi connectivity index (χ3n) is 12.6. The molecule has 7 aromatic carbocycles. The van der Waals surface area contributed by atoms with Crippen LogP contribution in [0.25, 0.3) is 44.5 Å². The minimum atomic E-state index is -0.470. The van der Waals surface area contributed by atoms with Crippen LogP contribution in [0.4, 0.5) is 0 Å². The fraction of sp³-hybridized carbons (Fsp3) is 0.120. The Kier molecular flexibility index (Phi) is 6.35. The van der Waals surface area contributed by atoms with Crippen molar-refractivity contribution < 1.29 is 4.79 Å². The third kappa shape index (κ3) is 4.07. The molecule has 0 heterocycles. The van der Waals surface area contributed by atoms with Crippen molar-refractivity contribution in [2.75, 3.05) is 0 Å². The quantitative estimate of drug-likeness (QED) is 0.128. The van der Waals surface area contributed by atoms with E-state index in [9.17, 15) is 4.79 Å². The molecular formula is C50H35BO. The van der Waals surface area contributed by atoms with Crippen LogP contribution in [0.1, 0.15) is 71.9 Å². The van der Waals surface area contributed by atoms with Crippen LogP contribution < -0.4 is 0 Å². The zero-order valence-electron chi connectivity index (χ0n) is 29.0. The monoisotopic (exact) mass is 662 g/mol. The maximum absolute atomic E-state index is 11.7. The second kappa shape index (κ2) is 11.1. The van der Waals surface area contributed by atoms with Crippen molar-refractivity contribution in [2.45, 2.75) is 37.0 Å². The SMILES string of the molecule is B=CC1c2cc(C=O)ccc2-c2ccc(-c3ccc4c(c3)C(c3ccc5c(c3)CC5)(c3ccc5c(c3)CC5)c3cc(-c5ccccc5)ccc3-4)cc21. The van der Waals surface area contributed by atoms with E-state index >= 15 is 0 Å². The van der Waals surface area contributed by atoms with Gasteiger partial charge in [-0.2, -0.15) is 0 Å². The van der Waals surface area contributed by atoms with Gasteiger partial charge in [0.2, 0.25) is 0 Å². The summed E-state index contributed by atoms with van der Waals surface area (Å²) in [5.41, 5.74) is 23.9. The van der Waals surface area contributed by atoms with Gasteiger partial charge < -0.3 is 0 Å². The Bertz CT molecular complexity index is 2630. The molecule has 0 amide bonds. The fourth-order valence-corrected chi connectivity index (χ4v) is 9.78. The molecular weight excluding hydrogens is 627 g/mol. The summed E-state index contributed by atoms with van der Waals surface area (Å²) in [5, 5.41) is 0. The number of fused-ring (bicyclic) bond motifs is 8. The molecule has 0 fully saturated rings. The summed E-state index contributed by atoms with van der Waals surface area (Å²) in [6, 6.07) is 52.8. The first-order valence-electron chi connectivity index (χ1n) is 18.6. The molecule has 0 spiro atoms. The summed E-state index contributed by atoms with van der Waals surface area (Å²) >= 11 is 0. The molecule has 7 aromatic rings. The first kappa shape index (κ1) is 29.8. The molecule has 52 heavy (non-hydrogen) atoms. The summed E-state index contributed by atoms with van der Waals surface area (Å²) in [7, 11) is 4.23. The number of carbonyl (C=O) groups excluding carboxylic acids is 1. The predicted molar refractivity (Wildman–Crippen MR) is 215 cm³/mol. The third-order valence-corrected chi connectivity index (χ3v) is 12.6. The number of hydrogen-bond acceptors (Lipinski definition) is 1. The Morgan fingerprint density at radius 1 is 0.481 bits per heavy atom. The maximum atomic E-state index is 11.7. The van der Waals surface area contributed by atoms with Crippen LogP contribution in [0, 0.1) is 0 Å². The van der Waals surface area contributed by atoms with Gasteiger partial charge in [0.05, 0.1) is 0 Å². The van der Waals surface area contributed by atoms with Gasteiger partial charge in [0.15, 0.2) is 0 Å². The van der Waals surface area contributed by atoms with E-state index in [4.69, 9.17) is 0 Å². The molecule has 0 saturated carbocycles. The van der Waals surface area contributed by atoms with Crippen LogP contribution in [0.3, 0.4) is 0 Å². The molecule has 1 nitrogen and oxygen atoms in total. The van der Waals surface area contributed by atoms with Crippen LogP contribution in [0.5, 0.6) is 0 Å². The minimum absolute atomic E-state index is 0.0454. The number of rotatable bonds is 6. The van der Waals surface area contributed by atoms with Crippen LogP contribution >= 0.6 is 0 Å². The molecule has 4 aliphatic rings. The number of carbonyl (C=O) groups is 1. The average Bonchev–Trinajstić information content (AvgIpc) is 3.64. The van der Waals surface area contributed by atoms with Crippen molar-refractivity contribution in [3.05, 3.63) is 201 Å². The molecule has 244 valence electrons. The van der Waals surface area contributed by atoms with E-state index in [1.54, 1.807) is 0 Å². The molecule has 1 unspecified atom stereocenters. The van der Waals surface area contributed by atoms with Crippen LogP contribution in [-0.4, -0.2) is 19.7 Å². The van der Waals surface area contributed by atoms with E-state index in [1.807, 2.05) is 18.1 Å². The fourth-order valence-electron chi connectivity index (χ4n) is 9.78. The molecule has 2 heteroatoms. The molecule has 0 radical (unpaired) electrons. The number of benzene rings is 7. The molecule has 0 aromatic heterocycles. The first-order valence-corrected chi connectivity index (χ1v) is 18.6. The van der Waals surface area contributed by atoms with E-state index in [0.29, 0.717) is 5.56 Å². The summed E-state index contributed by atoms with van der Waals surface area (Å²) in [6.07, 6.45) is 5.56. The van der Waals surface area contributed by atoms with Crippen molar-refractivity contribution in [3.8, 4) is 44.5 Å². The standard InChI is InChI=1S/C50H35BO/c51-28-47-45-22-30(29-52)6-18-41(45)42-19-13-36(25-46(42)47)38-15-21-44-43-20-14-37(31-4-2-1-3-5-31)26-48(43)50(49(44)27-38,39-16-11-32-7-9-34(32)23-39)40-17-12-33-8-10-35(33)24-40/h1-6,11-29,47,51H,7-10H2. The van der Waals surface area contributed by atoms with Gasteiger partial charge in [-0.15, -0.1) is 0 Å². The predicted octanol–water partition coefficient (Wildman–Crippen LogP) is 10.2. The second-order valence-electron chi connectivity index (χ2n) is 15.1. The van der Waals surface area contributed by atoms with Crippen molar-refractivity contribution in [2.24, 2.45) is 0 Å². The van der Waals surface area contributed by atoms with E-state index < -0.39 is 5.41 Å². The van der Waals surface area contributed by atoms with Crippen LogP contribution in [-0.2, 0) is 31.1 Å². The molecule has 0 aliphatic heterocycles. The van der Waals surface area contributed by atoms with E-state index in [0.717, 1.165) is 24.7 Å². The first-order chi connectivity index (χ1) is 25.6. The van der Waals surface area contributed by atoms with Gasteiger partial charge in [0.25, 0.3) is 0 Å². The van der Waals surface area contributed by atoms with Gasteiger partial charge in [0.1, 0.15) is 0 Å². The number of hydrogen-bond donors (Lipinski definition) is 0. The second-order valence-corrected chi connectivity index (χ2v) is 15.1. The van der Waals surface area contributed by atoms with Gasteiger partial charge in [-0.25, -0.2) is 0 Å². The number of aryl methyl sites for hydroxylation is 4. The summed E-state index contributed by atoms with van der Waals surface area (Å²) in [4.78, 5) is 11.7. The van der Waals surface area contributed by atoms with Gasteiger partial charge >= 0.3 is 234 Å². The molecule has 0 bridgehead atoms. The Hall–Kier alpha value is -5.86. The molecule has 4 aliphatic carbocycles. The van der Waals surface area contributed by atoms with Crippen LogP contribution in [0.2, 0.25) is 0 Å². The molecule has 1 atom stereocenters. The Morgan fingerprint density at radius 2 is 1.00 bits per heavy atom. The van der Waals surface area contributed by atoms with Gasteiger partial charge in [-0.3, -0.25) is 0 Å². The molecule has 11 rings (SSSR count). The van der Waals surface area contributed by atoms with E-state index in [2.05, 4.69) is 135 Å². The Labute approximate surface area is 305 Å². The van der Waals surface area contributed by atoms with Gasteiger partial charge in [-0.05, 0) is 42.4 Å². The summed E-state index contributed by atoms with van der Waals surface area (Å²) in [6.45, 7) is 0. The van der Waals surface area contributed by atoms with Crippen molar-refractivity contribution in [3.63, 3.8) is 0 Å². The van der Waals surface area contributed by atoms with Crippen molar-refractivity contribution in [1.29, 1.82) is 0 Å². The Balaban J connectivity index is 1.16.